The molecule has 0 atom stereocenters. The Labute approximate surface area is 114 Å². The van der Waals surface area contributed by atoms with Gasteiger partial charge in [0.1, 0.15) is 6.54 Å². The molecule has 0 radical (unpaired) electrons. The van der Waals surface area contributed by atoms with E-state index in [-0.39, 0.29) is 18.6 Å². The van der Waals surface area contributed by atoms with Crippen molar-refractivity contribution in [3.8, 4) is 5.88 Å². The summed E-state index contributed by atoms with van der Waals surface area (Å²) in [6.07, 6.45) is 1.59. The first kappa shape index (κ1) is 14.7. The number of methoxy groups -OCH3 is 2. The smallest absolute Gasteiger partial charge is 0.325 e. The van der Waals surface area contributed by atoms with Gasteiger partial charge in [-0.1, -0.05) is 0 Å². The van der Waals surface area contributed by atoms with Gasteiger partial charge in [0, 0.05) is 6.04 Å². The number of ether oxygens (including phenoxy) is 2. The van der Waals surface area contributed by atoms with Gasteiger partial charge in [-0.25, -0.2) is 4.98 Å². The number of carbonyl (C=O) groups excluding carboxylic acids is 1. The van der Waals surface area contributed by atoms with Crippen LogP contribution in [0.25, 0.3) is 0 Å². The Hall–Kier alpha value is -1.37. The molecule has 0 saturated heterocycles. The highest BCUT2D eigenvalue weighted by Crippen LogP contribution is 2.24. The molecule has 0 aliphatic carbocycles. The molecule has 0 spiro atoms. The highest BCUT2D eigenvalue weighted by molar-refractivity contribution is 9.10. The number of halogens is 1. The number of aromatic nitrogens is 2. The van der Waals surface area contributed by atoms with E-state index in [1.807, 2.05) is 13.8 Å². The van der Waals surface area contributed by atoms with Crippen molar-refractivity contribution in [2.24, 2.45) is 0 Å². The third kappa shape index (κ3) is 3.56. The lowest BCUT2D eigenvalue weighted by atomic mass is 10.3. The number of rotatable bonds is 5. The highest BCUT2D eigenvalue weighted by atomic mass is 79.9. The topological polar surface area (TPSA) is 64.5 Å². The summed E-state index contributed by atoms with van der Waals surface area (Å²) in [5.74, 6) is 0.514. The molecular formula is C11H16BrN3O3. The van der Waals surface area contributed by atoms with Crippen LogP contribution in [0.2, 0.25) is 0 Å². The van der Waals surface area contributed by atoms with E-state index in [4.69, 9.17) is 4.74 Å². The molecule has 1 rings (SSSR count). The first-order valence-corrected chi connectivity index (χ1v) is 6.18. The van der Waals surface area contributed by atoms with Crippen molar-refractivity contribution in [3.63, 3.8) is 0 Å². The zero-order chi connectivity index (χ0) is 13.7. The van der Waals surface area contributed by atoms with Crippen LogP contribution in [0.3, 0.4) is 0 Å². The van der Waals surface area contributed by atoms with Gasteiger partial charge in [0.15, 0.2) is 0 Å². The van der Waals surface area contributed by atoms with Crippen molar-refractivity contribution in [2.75, 3.05) is 25.7 Å². The maximum atomic E-state index is 11.4. The summed E-state index contributed by atoms with van der Waals surface area (Å²) in [5.41, 5.74) is 0. The summed E-state index contributed by atoms with van der Waals surface area (Å²) in [4.78, 5) is 21.5. The third-order valence-electron chi connectivity index (χ3n) is 2.30. The van der Waals surface area contributed by atoms with Crippen LogP contribution in [0.1, 0.15) is 13.8 Å². The maximum absolute atomic E-state index is 11.4. The summed E-state index contributed by atoms with van der Waals surface area (Å²) < 4.78 is 10.4. The Kier molecular flexibility index (Phi) is 5.33. The van der Waals surface area contributed by atoms with E-state index in [0.717, 1.165) is 0 Å². The second kappa shape index (κ2) is 6.53. The van der Waals surface area contributed by atoms with Crippen LogP contribution in [0.4, 0.5) is 5.95 Å². The van der Waals surface area contributed by atoms with Gasteiger partial charge in [-0.05, 0) is 29.8 Å². The van der Waals surface area contributed by atoms with E-state index in [9.17, 15) is 4.79 Å². The Morgan fingerprint density at radius 3 is 2.67 bits per heavy atom. The quantitative estimate of drug-likeness (QED) is 0.769. The van der Waals surface area contributed by atoms with Crippen LogP contribution in [0, 0.1) is 0 Å². The monoisotopic (exact) mass is 317 g/mol. The molecule has 0 fully saturated rings. The van der Waals surface area contributed by atoms with Gasteiger partial charge in [-0.15, -0.1) is 0 Å². The Morgan fingerprint density at radius 2 is 2.17 bits per heavy atom. The van der Waals surface area contributed by atoms with Crippen LogP contribution in [-0.2, 0) is 9.53 Å². The molecule has 1 aromatic heterocycles. The van der Waals surface area contributed by atoms with Crippen molar-refractivity contribution in [1.29, 1.82) is 0 Å². The predicted molar refractivity (Wildman–Crippen MR) is 70.8 cm³/mol. The summed E-state index contributed by atoms with van der Waals surface area (Å²) in [6.45, 7) is 3.99. The molecule has 18 heavy (non-hydrogen) atoms. The van der Waals surface area contributed by atoms with Gasteiger partial charge in [0.2, 0.25) is 11.8 Å². The van der Waals surface area contributed by atoms with Gasteiger partial charge >= 0.3 is 5.97 Å². The van der Waals surface area contributed by atoms with Crippen molar-refractivity contribution in [1.82, 2.24) is 9.97 Å². The van der Waals surface area contributed by atoms with Crippen molar-refractivity contribution in [3.05, 3.63) is 10.7 Å². The number of nitrogens with zero attached hydrogens (tertiary/aromatic N) is 3. The minimum Gasteiger partial charge on any atom is -0.480 e. The molecular weight excluding hydrogens is 302 g/mol. The summed E-state index contributed by atoms with van der Waals surface area (Å²) in [6, 6.07) is 0.0648. The molecule has 0 aliphatic rings. The van der Waals surface area contributed by atoms with E-state index >= 15 is 0 Å². The number of esters is 1. The molecule has 100 valence electrons. The molecule has 6 nitrogen and oxygen atoms in total. The Morgan fingerprint density at radius 1 is 1.50 bits per heavy atom. The van der Waals surface area contributed by atoms with Crippen molar-refractivity contribution < 1.29 is 14.3 Å². The van der Waals surface area contributed by atoms with Gasteiger partial charge in [-0.3, -0.25) is 4.79 Å². The van der Waals surface area contributed by atoms with Gasteiger partial charge in [0.05, 0.1) is 24.9 Å². The SMILES string of the molecule is COC(=O)CN(c1ncc(Br)c(OC)n1)C(C)C. The number of hydrogen-bond acceptors (Lipinski definition) is 6. The zero-order valence-electron chi connectivity index (χ0n) is 10.8. The average Bonchev–Trinajstić information content (AvgIpc) is 2.36. The first-order valence-electron chi connectivity index (χ1n) is 5.39. The first-order chi connectivity index (χ1) is 8.49. The lowest BCUT2D eigenvalue weighted by Gasteiger charge is -2.25. The van der Waals surface area contributed by atoms with Crippen LogP contribution in [0.5, 0.6) is 5.88 Å². The molecule has 0 saturated carbocycles. The van der Waals surface area contributed by atoms with Crippen LogP contribution in [-0.4, -0.2) is 42.7 Å². The maximum Gasteiger partial charge on any atom is 0.325 e. The normalized spacial score (nSPS) is 10.3. The molecule has 0 amide bonds. The highest BCUT2D eigenvalue weighted by Gasteiger charge is 2.19. The molecule has 7 heteroatoms. The fraction of sp³-hybridized carbons (Fsp3) is 0.545. The van der Waals surface area contributed by atoms with Crippen LogP contribution >= 0.6 is 15.9 Å². The molecule has 0 aromatic carbocycles. The second-order valence-electron chi connectivity index (χ2n) is 3.82. The third-order valence-corrected chi connectivity index (χ3v) is 2.84. The van der Waals surface area contributed by atoms with E-state index in [2.05, 4.69) is 30.6 Å². The van der Waals surface area contributed by atoms with E-state index < -0.39 is 0 Å². The number of carbonyl (C=O) groups is 1. The Bertz CT molecular complexity index is 426. The lowest BCUT2D eigenvalue weighted by molar-refractivity contribution is -0.139. The van der Waals surface area contributed by atoms with Crippen LogP contribution in [0.15, 0.2) is 10.7 Å². The van der Waals surface area contributed by atoms with Crippen molar-refractivity contribution >= 4 is 27.8 Å². The standard InChI is InChI=1S/C11H16BrN3O3/c1-7(2)15(6-9(16)17-3)11-13-5-8(12)10(14-11)18-4/h5,7H,6H2,1-4H3. The van der Waals surface area contributed by atoms with E-state index in [0.29, 0.717) is 16.3 Å². The second-order valence-corrected chi connectivity index (χ2v) is 4.68. The molecule has 1 heterocycles. The summed E-state index contributed by atoms with van der Waals surface area (Å²) in [5, 5.41) is 0. The van der Waals surface area contributed by atoms with E-state index in [1.54, 1.807) is 11.1 Å². The Balaban J connectivity index is 3.02. The van der Waals surface area contributed by atoms with E-state index in [1.165, 1.54) is 14.2 Å². The van der Waals surface area contributed by atoms with Gasteiger partial charge < -0.3 is 14.4 Å². The van der Waals surface area contributed by atoms with Gasteiger partial charge in [0.25, 0.3) is 0 Å². The molecule has 0 bridgehead atoms. The molecule has 1 aromatic rings. The van der Waals surface area contributed by atoms with Gasteiger partial charge in [-0.2, -0.15) is 4.98 Å². The molecule has 0 unspecified atom stereocenters. The fourth-order valence-electron chi connectivity index (χ4n) is 1.31. The number of anilines is 1. The summed E-state index contributed by atoms with van der Waals surface area (Å²) in [7, 11) is 2.88. The minimum absolute atomic E-state index is 0.0648. The average molecular weight is 318 g/mol. The zero-order valence-corrected chi connectivity index (χ0v) is 12.4. The lowest BCUT2D eigenvalue weighted by Crippen LogP contribution is -2.37. The fourth-order valence-corrected chi connectivity index (χ4v) is 1.67. The number of hydrogen-bond donors (Lipinski definition) is 0. The van der Waals surface area contributed by atoms with Crippen LogP contribution < -0.4 is 9.64 Å². The molecule has 0 aliphatic heterocycles. The largest absolute Gasteiger partial charge is 0.480 e. The predicted octanol–water partition coefficient (Wildman–Crippen LogP) is 1.64. The minimum atomic E-state index is -0.339. The molecule has 0 N–H and O–H groups in total. The van der Waals surface area contributed by atoms with Crippen molar-refractivity contribution in [2.45, 2.75) is 19.9 Å². The summed E-state index contributed by atoms with van der Waals surface area (Å²) >= 11 is 3.28.